The largest absolute Gasteiger partial charge is 0.289 e. The highest BCUT2D eigenvalue weighted by Gasteiger charge is 2.01. The van der Waals surface area contributed by atoms with Gasteiger partial charge in [-0.1, -0.05) is 78.8 Å². The van der Waals surface area contributed by atoms with E-state index < -0.39 is 0 Å². The van der Waals surface area contributed by atoms with Crippen LogP contribution in [0, 0.1) is 12.8 Å². The first kappa shape index (κ1) is 29.5. The predicted molar refractivity (Wildman–Crippen MR) is 147 cm³/mol. The average Bonchev–Trinajstić information content (AvgIpc) is 2.88. The molecule has 0 saturated carbocycles. The lowest BCUT2D eigenvalue weighted by atomic mass is 10.1. The summed E-state index contributed by atoms with van der Waals surface area (Å²) in [6, 6.07) is 12.5. The second kappa shape index (κ2) is 19.2. The summed E-state index contributed by atoms with van der Waals surface area (Å²) in [6.07, 6.45) is 25.0. The molecule has 1 aromatic carbocycles. The van der Waals surface area contributed by atoms with Crippen LogP contribution in [0.25, 0.3) is 11.6 Å². The van der Waals surface area contributed by atoms with Gasteiger partial charge in [-0.2, -0.15) is 0 Å². The standard InChI is InChI=1S/C21H28N2.C7H9N.C2H2/c1-6-8-9-12-17(3)15-21(22-5)23-16-18(4)20-14-11-10-13-19(20)7-2;1-2-7-4-3-5-8-6-7;1-2/h6-15,21,23H,5,16H2,1-4H3;3-6H,2H2,1H3;1-2H/b8-6-,12-9-,17-15-,19-7-,20-18+;;. The molecule has 0 aliphatic heterocycles. The molecule has 174 valence electrons. The molecule has 1 unspecified atom stereocenters. The van der Waals surface area contributed by atoms with Gasteiger partial charge in [0.2, 0.25) is 0 Å². The second-order valence-corrected chi connectivity index (χ2v) is 7.17. The Morgan fingerprint density at radius 3 is 2.39 bits per heavy atom. The average molecular weight is 442 g/mol. The number of pyridine rings is 1. The fraction of sp³-hybridized carbons (Fsp3) is 0.267. The van der Waals surface area contributed by atoms with Crippen molar-refractivity contribution < 1.29 is 0 Å². The molecular weight excluding hydrogens is 402 g/mol. The van der Waals surface area contributed by atoms with Crippen LogP contribution in [0.4, 0.5) is 0 Å². The van der Waals surface area contributed by atoms with Gasteiger partial charge < -0.3 is 0 Å². The molecule has 2 aromatic rings. The van der Waals surface area contributed by atoms with Crippen LogP contribution in [0.2, 0.25) is 0 Å². The van der Waals surface area contributed by atoms with Gasteiger partial charge >= 0.3 is 0 Å². The molecule has 1 heterocycles. The Labute approximate surface area is 201 Å². The molecule has 0 aliphatic carbocycles. The topological polar surface area (TPSA) is 37.3 Å². The van der Waals surface area contributed by atoms with Crippen LogP contribution < -0.4 is 15.8 Å². The third-order valence-corrected chi connectivity index (χ3v) is 4.72. The highest BCUT2D eigenvalue weighted by atomic mass is 15.0. The molecule has 1 atom stereocenters. The van der Waals surface area contributed by atoms with Crippen molar-refractivity contribution in [2.75, 3.05) is 6.54 Å². The zero-order valence-electron chi connectivity index (χ0n) is 20.8. The maximum absolute atomic E-state index is 4.15. The zero-order chi connectivity index (χ0) is 24.9. The van der Waals surface area contributed by atoms with Crippen LogP contribution in [0.5, 0.6) is 0 Å². The van der Waals surface area contributed by atoms with Crippen LogP contribution in [-0.2, 0) is 6.42 Å². The minimum Gasteiger partial charge on any atom is -0.289 e. The molecule has 1 aromatic heterocycles. The second-order valence-electron chi connectivity index (χ2n) is 7.17. The van der Waals surface area contributed by atoms with Crippen LogP contribution >= 0.6 is 0 Å². The Balaban J connectivity index is 0.000000849. The van der Waals surface area contributed by atoms with Crippen molar-refractivity contribution in [3.8, 4) is 12.8 Å². The number of allylic oxidation sites excluding steroid dienone is 5. The summed E-state index contributed by atoms with van der Waals surface area (Å²) in [7, 11) is 0. The molecule has 3 nitrogen and oxygen atoms in total. The number of nitrogens with zero attached hydrogens (tertiary/aromatic N) is 2. The summed E-state index contributed by atoms with van der Waals surface area (Å²) in [5.41, 5.74) is 3.75. The Hall–Kier alpha value is -3.48. The third-order valence-electron chi connectivity index (χ3n) is 4.72. The first-order valence-corrected chi connectivity index (χ1v) is 11.2. The number of aliphatic imine (C=N–C) groups is 1. The molecule has 0 spiro atoms. The van der Waals surface area contributed by atoms with E-state index in [0.717, 1.165) is 18.5 Å². The number of hydrogen-bond acceptors (Lipinski definition) is 3. The normalized spacial score (nSPS) is 13.5. The van der Waals surface area contributed by atoms with Crippen molar-refractivity contribution in [1.82, 2.24) is 10.3 Å². The quantitative estimate of drug-likeness (QED) is 0.345. The van der Waals surface area contributed by atoms with E-state index in [1.54, 1.807) is 6.20 Å². The van der Waals surface area contributed by atoms with Gasteiger partial charge in [-0.15, -0.1) is 12.8 Å². The van der Waals surface area contributed by atoms with Gasteiger partial charge in [0.05, 0.1) is 0 Å². The van der Waals surface area contributed by atoms with E-state index in [2.05, 4.69) is 111 Å². The van der Waals surface area contributed by atoms with Gasteiger partial charge in [-0.25, -0.2) is 0 Å². The van der Waals surface area contributed by atoms with E-state index in [1.165, 1.54) is 21.6 Å². The number of benzene rings is 1. The Morgan fingerprint density at radius 2 is 1.85 bits per heavy atom. The van der Waals surface area contributed by atoms with Crippen molar-refractivity contribution in [2.24, 2.45) is 4.99 Å². The molecule has 2 rings (SSSR count). The Kier molecular flexibility index (Phi) is 17.2. The van der Waals surface area contributed by atoms with Crippen molar-refractivity contribution >= 4 is 18.4 Å². The molecule has 0 fully saturated rings. The van der Waals surface area contributed by atoms with Crippen LogP contribution in [0.3, 0.4) is 0 Å². The number of nitrogens with one attached hydrogen (secondary N) is 1. The van der Waals surface area contributed by atoms with Gasteiger partial charge in [0.25, 0.3) is 0 Å². The summed E-state index contributed by atoms with van der Waals surface area (Å²) in [6.45, 7) is 14.9. The van der Waals surface area contributed by atoms with Crippen molar-refractivity contribution in [1.29, 1.82) is 0 Å². The van der Waals surface area contributed by atoms with Crippen LogP contribution in [-0.4, -0.2) is 24.4 Å². The first-order valence-electron chi connectivity index (χ1n) is 11.2. The fourth-order valence-electron chi connectivity index (χ4n) is 2.90. The maximum Gasteiger partial charge on any atom is 0.118 e. The van der Waals surface area contributed by atoms with Crippen molar-refractivity contribution in [2.45, 2.75) is 47.2 Å². The minimum absolute atomic E-state index is 0.0852. The molecule has 3 heteroatoms. The van der Waals surface area contributed by atoms with Gasteiger partial charge in [0.1, 0.15) is 6.17 Å². The molecule has 0 radical (unpaired) electrons. The van der Waals surface area contributed by atoms with Crippen molar-refractivity contribution in [3.05, 3.63) is 101 Å². The lowest BCUT2D eigenvalue weighted by molar-refractivity contribution is 0.666. The third kappa shape index (κ3) is 12.8. The lowest BCUT2D eigenvalue weighted by Crippen LogP contribution is -2.32. The number of aromatic nitrogens is 1. The number of rotatable bonds is 8. The zero-order valence-corrected chi connectivity index (χ0v) is 20.8. The van der Waals surface area contributed by atoms with E-state index in [-0.39, 0.29) is 6.17 Å². The van der Waals surface area contributed by atoms with E-state index in [1.807, 2.05) is 37.4 Å². The van der Waals surface area contributed by atoms with Gasteiger partial charge in [-0.3, -0.25) is 15.3 Å². The highest BCUT2D eigenvalue weighted by Crippen LogP contribution is 2.01. The highest BCUT2D eigenvalue weighted by molar-refractivity contribution is 5.45. The molecule has 33 heavy (non-hydrogen) atoms. The first-order chi connectivity index (χ1) is 16.0. The lowest BCUT2D eigenvalue weighted by Gasteiger charge is -2.11. The van der Waals surface area contributed by atoms with Gasteiger partial charge in [0.15, 0.2) is 0 Å². The molecule has 1 N–H and O–H groups in total. The molecular formula is C30H39N3. The number of terminal acetylenes is 1. The van der Waals surface area contributed by atoms with E-state index >= 15 is 0 Å². The SMILES string of the molecule is C#C.C=NC(\C=C(C)/C=C\C=C/C)NC/C(C)=c1\cccc\c1=C\C.CCc1cccnc1. The summed E-state index contributed by atoms with van der Waals surface area (Å²) >= 11 is 0. The van der Waals surface area contributed by atoms with Gasteiger partial charge in [0, 0.05) is 18.9 Å². The molecule has 0 bridgehead atoms. The summed E-state index contributed by atoms with van der Waals surface area (Å²) in [4.78, 5) is 8.11. The van der Waals surface area contributed by atoms with Gasteiger partial charge in [-0.05, 0) is 69.0 Å². The van der Waals surface area contributed by atoms with E-state index in [0.29, 0.717) is 0 Å². The Bertz CT molecular complexity index is 1020. The minimum atomic E-state index is -0.0852. The molecule has 0 aliphatic rings. The monoisotopic (exact) mass is 441 g/mol. The smallest absolute Gasteiger partial charge is 0.118 e. The van der Waals surface area contributed by atoms with Crippen LogP contribution in [0.1, 0.15) is 40.2 Å². The van der Waals surface area contributed by atoms with Crippen molar-refractivity contribution in [3.63, 3.8) is 0 Å². The molecule has 0 amide bonds. The maximum atomic E-state index is 4.15. The molecule has 0 saturated heterocycles. The van der Waals surface area contributed by atoms with Crippen LogP contribution in [0.15, 0.2) is 89.7 Å². The fourth-order valence-corrected chi connectivity index (χ4v) is 2.90. The van der Waals surface area contributed by atoms with E-state index in [9.17, 15) is 0 Å². The Morgan fingerprint density at radius 1 is 1.12 bits per heavy atom. The summed E-state index contributed by atoms with van der Waals surface area (Å²) < 4.78 is 0. The van der Waals surface area contributed by atoms with E-state index in [4.69, 9.17) is 0 Å². The number of hydrogen-bond donors (Lipinski definition) is 1. The number of aryl methyl sites for hydroxylation is 1. The predicted octanol–water partition coefficient (Wildman–Crippen LogP) is 5.25. The summed E-state index contributed by atoms with van der Waals surface area (Å²) in [5.74, 6) is 0. The summed E-state index contributed by atoms with van der Waals surface area (Å²) in [5, 5.41) is 5.97.